The van der Waals surface area contributed by atoms with Crippen molar-refractivity contribution in [1.82, 2.24) is 4.98 Å². The van der Waals surface area contributed by atoms with Gasteiger partial charge in [-0.15, -0.1) is 18.1 Å². The zero-order valence-electron chi connectivity index (χ0n) is 14.1. The van der Waals surface area contributed by atoms with Crippen LogP contribution in [0.2, 0.25) is 0 Å². The Kier molecular flexibility index (Phi) is 18.4. The molecule has 2 nitrogen and oxygen atoms in total. The fourth-order valence-electron chi connectivity index (χ4n) is 2.22. The number of allylic oxidation sites excluding steroid dienone is 2. The average Bonchev–Trinajstić information content (AvgIpc) is 2.87. The van der Waals surface area contributed by atoms with Gasteiger partial charge in [0.1, 0.15) is 0 Å². The predicted octanol–water partition coefficient (Wildman–Crippen LogP) is -2.35. The van der Waals surface area contributed by atoms with Crippen LogP contribution in [0.1, 0.15) is 12.5 Å². The summed E-state index contributed by atoms with van der Waals surface area (Å²) >= 11 is 0. The quantitative estimate of drug-likeness (QED) is 0.388. The number of nitrogens with zero attached hydrogens (tertiary/aromatic N) is 2. The number of rotatable bonds is 7. The Labute approximate surface area is 189 Å². The molecule has 0 fully saturated rings. The predicted molar refractivity (Wildman–Crippen MR) is 98.6 cm³/mol. The van der Waals surface area contributed by atoms with Gasteiger partial charge in [0.25, 0.3) is 0 Å². The number of hydrogen-bond donors (Lipinski definition) is 0. The molecule has 0 bridgehead atoms. The summed E-state index contributed by atoms with van der Waals surface area (Å²) in [6.45, 7) is 10.3. The first kappa shape index (κ1) is 28.8. The minimum Gasteiger partial charge on any atom is -1.00 e. The van der Waals surface area contributed by atoms with Crippen molar-refractivity contribution >= 4 is 57.0 Å². The van der Waals surface area contributed by atoms with Crippen LogP contribution < -0.4 is 29.8 Å². The molecular weight excluding hydrogens is 364 g/mol. The Morgan fingerprint density at radius 3 is 2.50 bits per heavy atom. The maximum absolute atomic E-state index is 4.68. The molecule has 0 spiro atoms. The third kappa shape index (κ3) is 8.43. The minimum absolute atomic E-state index is 0. The van der Waals surface area contributed by atoms with Gasteiger partial charge in [-0.1, -0.05) is 73.7 Å². The summed E-state index contributed by atoms with van der Waals surface area (Å²) in [6, 6.07) is 8.50. The largest absolute Gasteiger partial charge is 2.00 e. The van der Waals surface area contributed by atoms with E-state index in [-0.39, 0.29) is 77.0 Å². The van der Waals surface area contributed by atoms with E-state index in [4.69, 9.17) is 0 Å². The average molecular weight is 384 g/mol. The van der Waals surface area contributed by atoms with Crippen molar-refractivity contribution in [2.24, 2.45) is 0 Å². The SMILES string of the molecule is C=C/C=C(\C=C)C[N-][C@H](C)Cc1c[n-]c2ccccc12.[Cl-].[Cl-].[Mg+2].[Mg+2]. The second-order valence-electron chi connectivity index (χ2n) is 4.88. The summed E-state index contributed by atoms with van der Waals surface area (Å²) in [6.07, 6.45) is 8.43. The monoisotopic (exact) mass is 382 g/mol. The first-order chi connectivity index (χ1) is 9.74. The Hall–Kier alpha value is 0.0525. The van der Waals surface area contributed by atoms with Gasteiger partial charge in [0.2, 0.25) is 0 Å². The molecule has 0 N–H and O–H groups in total. The minimum atomic E-state index is 0. The van der Waals surface area contributed by atoms with E-state index in [1.807, 2.05) is 30.5 Å². The van der Waals surface area contributed by atoms with Crippen LogP contribution >= 0.6 is 0 Å². The first-order valence-electron chi connectivity index (χ1n) is 6.84. The summed E-state index contributed by atoms with van der Waals surface area (Å²) < 4.78 is 0. The summed E-state index contributed by atoms with van der Waals surface area (Å²) in [7, 11) is 0. The standard InChI is InChI=1S/C18H20N2.2ClH.2Mg/c1-4-8-15(5-2)12-19-14(3)11-16-13-20-18-10-7-6-9-17(16)18;;;;/h4-10,13-14H,1-2,11-12H2,3H3;2*1H;;/q-2;;;2*+2/p-2/b15-8+;;;;/t14-;;;;/m1..../s1. The van der Waals surface area contributed by atoms with E-state index < -0.39 is 0 Å². The van der Waals surface area contributed by atoms with E-state index in [1.165, 1.54) is 10.9 Å². The maximum Gasteiger partial charge on any atom is 2.00 e. The molecule has 0 saturated carbocycles. The van der Waals surface area contributed by atoms with Crippen molar-refractivity contribution in [2.45, 2.75) is 19.4 Å². The van der Waals surface area contributed by atoms with Crippen molar-refractivity contribution in [2.75, 3.05) is 6.54 Å². The van der Waals surface area contributed by atoms with Crippen molar-refractivity contribution in [3.8, 4) is 0 Å². The molecule has 0 unspecified atom stereocenters. The molecule has 2 aromatic rings. The molecule has 0 aliphatic rings. The summed E-state index contributed by atoms with van der Waals surface area (Å²) in [5.41, 5.74) is 3.43. The number of fused-ring (bicyclic) bond motifs is 1. The Morgan fingerprint density at radius 2 is 1.88 bits per heavy atom. The van der Waals surface area contributed by atoms with Gasteiger partial charge < -0.3 is 35.1 Å². The van der Waals surface area contributed by atoms with Gasteiger partial charge in [0.05, 0.1) is 0 Å². The zero-order chi connectivity index (χ0) is 14.4. The molecule has 6 heteroatoms. The second-order valence-corrected chi connectivity index (χ2v) is 4.88. The summed E-state index contributed by atoms with van der Waals surface area (Å²) in [5.74, 6) is 0. The molecule has 0 amide bonds. The molecular formula is C18H20Cl2Mg2N2. The van der Waals surface area contributed by atoms with Crippen LogP contribution in [0.5, 0.6) is 0 Å². The van der Waals surface area contributed by atoms with Gasteiger partial charge in [-0.25, -0.2) is 0 Å². The molecule has 1 aromatic carbocycles. The van der Waals surface area contributed by atoms with Crippen molar-refractivity contribution in [1.29, 1.82) is 0 Å². The van der Waals surface area contributed by atoms with E-state index in [9.17, 15) is 0 Å². The normalized spacial score (nSPS) is 11.1. The molecule has 0 aliphatic carbocycles. The first-order valence-corrected chi connectivity index (χ1v) is 6.84. The van der Waals surface area contributed by atoms with Crippen molar-refractivity contribution in [3.05, 3.63) is 78.3 Å². The molecule has 0 aliphatic heterocycles. The van der Waals surface area contributed by atoms with Crippen LogP contribution in [0.4, 0.5) is 0 Å². The van der Waals surface area contributed by atoms with Crippen LogP contribution in [0.15, 0.2) is 67.4 Å². The topological polar surface area (TPSA) is 28.2 Å². The Bertz CT molecular complexity index is 639. The van der Waals surface area contributed by atoms with Gasteiger partial charge in [-0.05, 0) is 11.8 Å². The molecule has 1 heterocycles. The van der Waals surface area contributed by atoms with E-state index in [0.717, 1.165) is 17.5 Å². The van der Waals surface area contributed by atoms with E-state index in [1.54, 1.807) is 6.08 Å². The Morgan fingerprint density at radius 1 is 1.21 bits per heavy atom. The van der Waals surface area contributed by atoms with Crippen LogP contribution in [0.3, 0.4) is 0 Å². The van der Waals surface area contributed by atoms with Gasteiger partial charge >= 0.3 is 46.1 Å². The van der Waals surface area contributed by atoms with Gasteiger partial charge in [-0.2, -0.15) is 6.20 Å². The molecule has 120 valence electrons. The van der Waals surface area contributed by atoms with Gasteiger partial charge in [0, 0.05) is 0 Å². The van der Waals surface area contributed by atoms with Crippen molar-refractivity contribution < 1.29 is 24.8 Å². The zero-order valence-corrected chi connectivity index (χ0v) is 18.4. The summed E-state index contributed by atoms with van der Waals surface area (Å²) in [4.78, 5) is 4.43. The number of para-hydroxylation sites is 1. The maximum atomic E-state index is 4.68. The second kappa shape index (κ2) is 15.3. The van der Waals surface area contributed by atoms with Gasteiger partial charge in [-0.3, -0.25) is 0 Å². The van der Waals surface area contributed by atoms with Crippen LogP contribution in [-0.2, 0) is 6.42 Å². The van der Waals surface area contributed by atoms with E-state index in [0.29, 0.717) is 6.54 Å². The fourth-order valence-corrected chi connectivity index (χ4v) is 2.22. The number of hydrogen-bond acceptors (Lipinski definition) is 0. The molecule has 0 radical (unpaired) electrons. The number of benzene rings is 1. The molecule has 24 heavy (non-hydrogen) atoms. The van der Waals surface area contributed by atoms with Crippen LogP contribution in [0, 0.1) is 0 Å². The molecule has 1 aromatic heterocycles. The third-order valence-electron chi connectivity index (χ3n) is 3.30. The fraction of sp³-hybridized carbons (Fsp3) is 0.222. The smallest absolute Gasteiger partial charge is 1.00 e. The Balaban J connectivity index is -0.00000110. The number of aromatic nitrogens is 1. The molecule has 2 rings (SSSR count). The van der Waals surface area contributed by atoms with Crippen LogP contribution in [0.25, 0.3) is 16.2 Å². The molecule has 0 saturated heterocycles. The summed E-state index contributed by atoms with van der Waals surface area (Å²) in [5, 5.41) is 5.92. The van der Waals surface area contributed by atoms with E-state index in [2.05, 4.69) is 42.5 Å². The number of halogens is 2. The van der Waals surface area contributed by atoms with Crippen molar-refractivity contribution in [3.63, 3.8) is 0 Å². The third-order valence-corrected chi connectivity index (χ3v) is 3.30. The molecule has 1 atom stereocenters. The van der Waals surface area contributed by atoms with E-state index >= 15 is 0 Å². The van der Waals surface area contributed by atoms with Crippen LogP contribution in [-0.4, -0.2) is 58.7 Å². The van der Waals surface area contributed by atoms with Gasteiger partial charge in [0.15, 0.2) is 0 Å².